The third-order valence-electron chi connectivity index (χ3n) is 4.33. The van der Waals surface area contributed by atoms with E-state index >= 15 is 0 Å². The number of nitrogens with one attached hydrogen (secondary N) is 2. The summed E-state index contributed by atoms with van der Waals surface area (Å²) < 4.78 is 5.06. The third-order valence-corrected chi connectivity index (χ3v) is 4.33. The summed E-state index contributed by atoms with van der Waals surface area (Å²) in [7, 11) is 0. The average molecular weight is 350 g/mol. The number of hydrogen-bond acceptors (Lipinski definition) is 7. The molecule has 2 aromatic heterocycles. The lowest BCUT2D eigenvalue weighted by Crippen LogP contribution is -2.17. The topological polar surface area (TPSA) is 79.1 Å². The standard InChI is InChI=1S/C19H22N6O/c1-13-11-17(22-19(20-13)23-18-12-14(2)26-24-18)21-15-5-7-16(8-6-15)25-9-3-4-10-25/h5-8,11-12H,3-4,9-10H2,1-2H3,(H2,20,21,22,23,24). The number of rotatable bonds is 5. The van der Waals surface area contributed by atoms with Crippen molar-refractivity contribution in [1.82, 2.24) is 15.1 Å². The van der Waals surface area contributed by atoms with E-state index in [9.17, 15) is 0 Å². The van der Waals surface area contributed by atoms with Gasteiger partial charge in [-0.1, -0.05) is 5.16 Å². The molecule has 7 heteroatoms. The fourth-order valence-corrected chi connectivity index (χ4v) is 3.11. The molecular weight excluding hydrogens is 328 g/mol. The van der Waals surface area contributed by atoms with Gasteiger partial charge in [-0.05, 0) is 51.0 Å². The summed E-state index contributed by atoms with van der Waals surface area (Å²) in [5.74, 6) is 2.54. The van der Waals surface area contributed by atoms with E-state index in [1.54, 1.807) is 6.07 Å². The van der Waals surface area contributed by atoms with Gasteiger partial charge in [0.15, 0.2) is 5.82 Å². The molecule has 0 unspecified atom stereocenters. The number of hydrogen-bond donors (Lipinski definition) is 2. The van der Waals surface area contributed by atoms with Crippen molar-refractivity contribution >= 4 is 29.0 Å². The van der Waals surface area contributed by atoms with Crippen LogP contribution in [0.3, 0.4) is 0 Å². The minimum atomic E-state index is 0.481. The van der Waals surface area contributed by atoms with Gasteiger partial charge < -0.3 is 20.1 Å². The lowest BCUT2D eigenvalue weighted by molar-refractivity contribution is 0.400. The Labute approximate surface area is 152 Å². The van der Waals surface area contributed by atoms with E-state index < -0.39 is 0 Å². The first-order valence-electron chi connectivity index (χ1n) is 8.84. The molecule has 0 radical (unpaired) electrons. The molecule has 2 N–H and O–H groups in total. The second-order valence-electron chi connectivity index (χ2n) is 6.53. The van der Waals surface area contributed by atoms with Crippen molar-refractivity contribution in [2.75, 3.05) is 28.6 Å². The maximum atomic E-state index is 5.06. The Balaban J connectivity index is 1.48. The van der Waals surface area contributed by atoms with Gasteiger partial charge in [-0.15, -0.1) is 0 Å². The van der Waals surface area contributed by atoms with Crippen LogP contribution in [0, 0.1) is 13.8 Å². The second kappa shape index (κ2) is 7.03. The summed E-state index contributed by atoms with van der Waals surface area (Å²) in [5, 5.41) is 10.3. The first-order chi connectivity index (χ1) is 12.7. The molecule has 26 heavy (non-hydrogen) atoms. The van der Waals surface area contributed by atoms with Gasteiger partial charge in [0.1, 0.15) is 11.6 Å². The summed E-state index contributed by atoms with van der Waals surface area (Å²) in [4.78, 5) is 11.3. The molecule has 1 saturated heterocycles. The molecule has 7 nitrogen and oxygen atoms in total. The largest absolute Gasteiger partial charge is 0.372 e. The normalized spacial score (nSPS) is 13.8. The van der Waals surface area contributed by atoms with E-state index in [4.69, 9.17) is 4.52 Å². The van der Waals surface area contributed by atoms with Crippen LogP contribution in [0.15, 0.2) is 40.9 Å². The maximum Gasteiger partial charge on any atom is 0.230 e. The highest BCUT2D eigenvalue weighted by atomic mass is 16.5. The van der Waals surface area contributed by atoms with Crippen LogP contribution in [-0.4, -0.2) is 28.2 Å². The van der Waals surface area contributed by atoms with Crippen molar-refractivity contribution in [2.45, 2.75) is 26.7 Å². The van der Waals surface area contributed by atoms with E-state index in [2.05, 4.69) is 54.9 Å². The molecule has 0 bridgehead atoms. The van der Waals surface area contributed by atoms with Crippen LogP contribution in [0.2, 0.25) is 0 Å². The molecule has 3 heterocycles. The Morgan fingerprint density at radius 3 is 2.38 bits per heavy atom. The van der Waals surface area contributed by atoms with Crippen molar-refractivity contribution in [3.8, 4) is 0 Å². The molecule has 1 aliphatic heterocycles. The van der Waals surface area contributed by atoms with Gasteiger partial charge in [0.2, 0.25) is 5.95 Å². The van der Waals surface area contributed by atoms with E-state index in [-0.39, 0.29) is 0 Å². The smallest absolute Gasteiger partial charge is 0.230 e. The molecule has 4 rings (SSSR count). The van der Waals surface area contributed by atoms with Crippen molar-refractivity contribution in [1.29, 1.82) is 0 Å². The molecule has 0 saturated carbocycles. The molecule has 1 aliphatic rings. The molecule has 1 aromatic carbocycles. The van der Waals surface area contributed by atoms with Crippen LogP contribution in [-0.2, 0) is 0 Å². The predicted octanol–water partition coefficient (Wildman–Crippen LogP) is 4.17. The summed E-state index contributed by atoms with van der Waals surface area (Å²) >= 11 is 0. The van der Waals surface area contributed by atoms with E-state index in [1.807, 2.05) is 19.9 Å². The van der Waals surface area contributed by atoms with Crippen LogP contribution in [0.25, 0.3) is 0 Å². The molecule has 1 fully saturated rings. The Bertz CT molecular complexity index is 883. The zero-order valence-electron chi connectivity index (χ0n) is 15.0. The van der Waals surface area contributed by atoms with Gasteiger partial charge in [-0.25, -0.2) is 4.98 Å². The highest BCUT2D eigenvalue weighted by Crippen LogP contribution is 2.24. The van der Waals surface area contributed by atoms with Crippen LogP contribution in [0.4, 0.5) is 29.0 Å². The highest BCUT2D eigenvalue weighted by Gasteiger charge is 2.12. The molecular formula is C19H22N6O. The number of aromatic nitrogens is 3. The summed E-state index contributed by atoms with van der Waals surface area (Å²) in [5.41, 5.74) is 3.13. The molecule has 3 aromatic rings. The monoisotopic (exact) mass is 350 g/mol. The quantitative estimate of drug-likeness (QED) is 0.715. The molecule has 0 amide bonds. The van der Waals surface area contributed by atoms with Gasteiger partial charge in [-0.3, -0.25) is 0 Å². The number of nitrogens with zero attached hydrogens (tertiary/aromatic N) is 4. The predicted molar refractivity (Wildman–Crippen MR) is 102 cm³/mol. The summed E-state index contributed by atoms with van der Waals surface area (Å²) in [6.07, 6.45) is 2.56. The first-order valence-corrected chi connectivity index (χ1v) is 8.84. The third kappa shape index (κ3) is 3.77. The van der Waals surface area contributed by atoms with E-state index in [0.717, 1.165) is 36.0 Å². The second-order valence-corrected chi connectivity index (χ2v) is 6.53. The van der Waals surface area contributed by atoms with E-state index in [0.29, 0.717) is 11.8 Å². The molecule has 0 aliphatic carbocycles. The Hall–Kier alpha value is -3.09. The Morgan fingerprint density at radius 1 is 0.923 bits per heavy atom. The Morgan fingerprint density at radius 2 is 1.69 bits per heavy atom. The summed E-state index contributed by atoms with van der Waals surface area (Å²) in [6.45, 7) is 6.07. The van der Waals surface area contributed by atoms with Gasteiger partial charge >= 0.3 is 0 Å². The zero-order valence-corrected chi connectivity index (χ0v) is 15.0. The fraction of sp³-hybridized carbons (Fsp3) is 0.316. The van der Waals surface area contributed by atoms with Gasteiger partial charge in [-0.2, -0.15) is 4.98 Å². The summed E-state index contributed by atoms with van der Waals surface area (Å²) in [6, 6.07) is 12.2. The number of aryl methyl sites for hydroxylation is 2. The lowest BCUT2D eigenvalue weighted by Gasteiger charge is -2.18. The minimum Gasteiger partial charge on any atom is -0.372 e. The zero-order chi connectivity index (χ0) is 17.9. The minimum absolute atomic E-state index is 0.481. The highest BCUT2D eigenvalue weighted by molar-refractivity contribution is 5.62. The lowest BCUT2D eigenvalue weighted by atomic mass is 10.2. The first kappa shape index (κ1) is 16.4. The van der Waals surface area contributed by atoms with Crippen LogP contribution >= 0.6 is 0 Å². The van der Waals surface area contributed by atoms with Crippen LogP contribution in [0.1, 0.15) is 24.3 Å². The SMILES string of the molecule is Cc1cc(Nc2ccc(N3CCCC3)cc2)nc(Nc2cc(C)on2)n1. The number of anilines is 5. The molecule has 0 spiro atoms. The molecule has 134 valence electrons. The number of benzene rings is 1. The van der Waals surface area contributed by atoms with Gasteiger partial charge in [0, 0.05) is 42.3 Å². The van der Waals surface area contributed by atoms with Gasteiger partial charge in [0.25, 0.3) is 0 Å². The van der Waals surface area contributed by atoms with E-state index in [1.165, 1.54) is 18.5 Å². The maximum absolute atomic E-state index is 5.06. The van der Waals surface area contributed by atoms with Crippen LogP contribution < -0.4 is 15.5 Å². The fourth-order valence-electron chi connectivity index (χ4n) is 3.11. The van der Waals surface area contributed by atoms with Crippen LogP contribution in [0.5, 0.6) is 0 Å². The van der Waals surface area contributed by atoms with Crippen molar-refractivity contribution in [3.63, 3.8) is 0 Å². The van der Waals surface area contributed by atoms with Crippen molar-refractivity contribution in [2.24, 2.45) is 0 Å². The molecule has 0 atom stereocenters. The van der Waals surface area contributed by atoms with Gasteiger partial charge in [0.05, 0.1) is 0 Å². The average Bonchev–Trinajstić information content (AvgIpc) is 3.27. The van der Waals surface area contributed by atoms with Crippen molar-refractivity contribution in [3.05, 3.63) is 47.9 Å². The Kier molecular flexibility index (Phi) is 4.43. The van der Waals surface area contributed by atoms with Crippen molar-refractivity contribution < 1.29 is 4.52 Å².